The summed E-state index contributed by atoms with van der Waals surface area (Å²) in [5, 5.41) is 17.7. The van der Waals surface area contributed by atoms with Gasteiger partial charge in [0.2, 0.25) is 0 Å². The van der Waals surface area contributed by atoms with Crippen molar-refractivity contribution in [1.82, 2.24) is 0 Å². The van der Waals surface area contributed by atoms with E-state index in [4.69, 9.17) is 0 Å². The number of hydrogen-bond acceptors (Lipinski definition) is 4. The molecule has 0 radical (unpaired) electrons. The van der Waals surface area contributed by atoms with Crippen molar-refractivity contribution in [1.29, 1.82) is 5.26 Å². The number of nitrogens with one attached hydrogen (secondary N) is 1. The van der Waals surface area contributed by atoms with E-state index in [-0.39, 0.29) is 11.5 Å². The molecule has 0 bridgehead atoms. The van der Waals surface area contributed by atoms with Crippen LogP contribution in [0.5, 0.6) is 0 Å². The third-order valence-corrected chi connectivity index (χ3v) is 4.16. The van der Waals surface area contributed by atoms with E-state index in [1.54, 1.807) is 31.2 Å². The van der Waals surface area contributed by atoms with Crippen LogP contribution in [0.4, 0.5) is 11.4 Å². The van der Waals surface area contributed by atoms with Crippen LogP contribution in [0.25, 0.3) is 0 Å². The minimum atomic E-state index is -0.747. The van der Waals surface area contributed by atoms with Crippen molar-refractivity contribution in [3.63, 3.8) is 0 Å². The van der Waals surface area contributed by atoms with Crippen molar-refractivity contribution in [3.05, 3.63) is 71.8 Å². The predicted octanol–water partition coefficient (Wildman–Crippen LogP) is 3.42. The molecule has 2 amide bonds. The number of nitriles is 1. The minimum absolute atomic E-state index is 0.126. The Kier molecular flexibility index (Phi) is 5.13. The second kappa shape index (κ2) is 7.67. The van der Waals surface area contributed by atoms with Crippen molar-refractivity contribution < 1.29 is 9.59 Å². The topological polar surface area (TPSA) is 85.6 Å². The Labute approximate surface area is 157 Å². The van der Waals surface area contributed by atoms with E-state index >= 15 is 0 Å². The van der Waals surface area contributed by atoms with Crippen molar-refractivity contribution in [2.24, 2.45) is 11.0 Å². The van der Waals surface area contributed by atoms with Crippen LogP contribution in [0.15, 0.2) is 71.3 Å². The van der Waals surface area contributed by atoms with E-state index in [1.807, 2.05) is 43.3 Å². The number of carbonyl (C=O) groups is 2. The number of aryl methyl sites for hydroxylation is 1. The van der Waals surface area contributed by atoms with Crippen molar-refractivity contribution in [3.8, 4) is 6.07 Å². The first-order valence-electron chi connectivity index (χ1n) is 8.43. The highest BCUT2D eigenvalue weighted by molar-refractivity contribution is 6.17. The van der Waals surface area contributed by atoms with Gasteiger partial charge in [-0.3, -0.25) is 9.59 Å². The molecule has 1 atom stereocenters. The molecule has 1 heterocycles. The highest BCUT2D eigenvalue weighted by Crippen LogP contribution is 2.25. The molecule has 1 aliphatic rings. The highest BCUT2D eigenvalue weighted by atomic mass is 16.2. The summed E-state index contributed by atoms with van der Waals surface area (Å²) in [6.45, 7) is 3.61. The van der Waals surface area contributed by atoms with Crippen LogP contribution in [0.1, 0.15) is 12.5 Å². The molecule has 0 fully saturated rings. The summed E-state index contributed by atoms with van der Waals surface area (Å²) >= 11 is 0. The molecule has 0 unspecified atom stereocenters. The van der Waals surface area contributed by atoms with Crippen molar-refractivity contribution in [2.45, 2.75) is 13.8 Å². The molecule has 1 N–H and O–H groups in total. The number of rotatable bonds is 4. The zero-order valence-corrected chi connectivity index (χ0v) is 15.0. The molecule has 0 aliphatic carbocycles. The Morgan fingerprint density at radius 1 is 1.19 bits per heavy atom. The maximum absolute atomic E-state index is 12.7. The summed E-state index contributed by atoms with van der Waals surface area (Å²) in [4.78, 5) is 25.2. The molecule has 1 aliphatic heterocycles. The second-order valence-electron chi connectivity index (χ2n) is 6.22. The summed E-state index contributed by atoms with van der Waals surface area (Å²) in [6.07, 6.45) is 1.37. The molecule has 0 spiro atoms. The number of hydrogen-bond donors (Lipinski definition) is 1. The Balaban J connectivity index is 1.81. The third-order valence-electron chi connectivity index (χ3n) is 4.16. The van der Waals surface area contributed by atoms with Gasteiger partial charge in [0, 0.05) is 5.69 Å². The monoisotopic (exact) mass is 358 g/mol. The average molecular weight is 358 g/mol. The molecule has 134 valence electrons. The van der Waals surface area contributed by atoms with Gasteiger partial charge in [0.25, 0.3) is 11.8 Å². The first-order valence-corrected chi connectivity index (χ1v) is 8.43. The van der Waals surface area contributed by atoms with Gasteiger partial charge in [-0.1, -0.05) is 30.3 Å². The van der Waals surface area contributed by atoms with E-state index in [0.29, 0.717) is 17.1 Å². The van der Waals surface area contributed by atoms with Crippen molar-refractivity contribution in [2.75, 3.05) is 10.3 Å². The molecule has 0 saturated heterocycles. The summed E-state index contributed by atoms with van der Waals surface area (Å²) in [6, 6.07) is 18.2. The maximum Gasteiger partial charge on any atom is 0.266 e. The van der Waals surface area contributed by atoms with Crippen molar-refractivity contribution >= 4 is 28.9 Å². The Hall–Kier alpha value is -3.72. The lowest BCUT2D eigenvalue weighted by Crippen LogP contribution is -2.27. The maximum atomic E-state index is 12.7. The van der Waals surface area contributed by atoms with Gasteiger partial charge in [-0.25, -0.2) is 0 Å². The van der Waals surface area contributed by atoms with Crippen LogP contribution in [0.2, 0.25) is 0 Å². The molecule has 2 aromatic carbocycles. The SMILES string of the molecule is CC1=NN(c2ccccc2)C(=O)[C@H]1/C=C(/C#N)C(=O)Nc1cccc(C)c1. The lowest BCUT2D eigenvalue weighted by atomic mass is 10.0. The molecule has 0 aromatic heterocycles. The standard InChI is InChI=1S/C21H18N4O2/c1-14-7-6-8-17(11-14)23-20(26)16(13-22)12-19-15(2)24-25(21(19)27)18-9-4-3-5-10-18/h3-12,19H,1-2H3,(H,23,26)/b16-12-/t19-/m0/s1. The lowest BCUT2D eigenvalue weighted by molar-refractivity contribution is -0.118. The van der Waals surface area contributed by atoms with Crippen LogP contribution in [0.3, 0.4) is 0 Å². The Morgan fingerprint density at radius 3 is 2.59 bits per heavy atom. The van der Waals surface area contributed by atoms with E-state index < -0.39 is 11.8 Å². The first-order chi connectivity index (χ1) is 13.0. The van der Waals surface area contributed by atoms with Gasteiger partial charge in [-0.2, -0.15) is 15.4 Å². The minimum Gasteiger partial charge on any atom is -0.321 e. The number of benzene rings is 2. The largest absolute Gasteiger partial charge is 0.321 e. The van der Waals surface area contributed by atoms with E-state index in [2.05, 4.69) is 10.4 Å². The number of anilines is 2. The van der Waals surface area contributed by atoms with Crippen LogP contribution >= 0.6 is 0 Å². The third kappa shape index (κ3) is 3.93. The zero-order valence-electron chi connectivity index (χ0n) is 15.0. The fourth-order valence-corrected chi connectivity index (χ4v) is 2.78. The molecule has 6 nitrogen and oxygen atoms in total. The van der Waals surface area contributed by atoms with Gasteiger partial charge in [0.05, 0.1) is 17.3 Å². The molecule has 27 heavy (non-hydrogen) atoms. The molecular weight excluding hydrogens is 340 g/mol. The quantitative estimate of drug-likeness (QED) is 0.671. The van der Waals surface area contributed by atoms with Crippen LogP contribution in [-0.2, 0) is 9.59 Å². The van der Waals surface area contributed by atoms with Gasteiger partial charge in [0.1, 0.15) is 11.6 Å². The van der Waals surface area contributed by atoms with Gasteiger partial charge in [0.15, 0.2) is 0 Å². The van der Waals surface area contributed by atoms with Gasteiger partial charge in [-0.05, 0) is 49.8 Å². The molecule has 0 saturated carbocycles. The number of para-hydroxylation sites is 1. The Bertz CT molecular complexity index is 987. The van der Waals surface area contributed by atoms with E-state index in [0.717, 1.165) is 5.56 Å². The van der Waals surface area contributed by atoms with E-state index in [9.17, 15) is 14.9 Å². The fourth-order valence-electron chi connectivity index (χ4n) is 2.78. The zero-order chi connectivity index (χ0) is 19.4. The van der Waals surface area contributed by atoms with Gasteiger partial charge < -0.3 is 5.32 Å². The fraction of sp³-hybridized carbons (Fsp3) is 0.143. The summed E-state index contributed by atoms with van der Waals surface area (Å²) in [5.41, 5.74) is 2.62. The number of amides is 2. The normalized spacial score (nSPS) is 16.7. The van der Waals surface area contributed by atoms with Crippen LogP contribution in [0, 0.1) is 24.2 Å². The summed E-state index contributed by atoms with van der Waals surface area (Å²) in [7, 11) is 0. The van der Waals surface area contributed by atoms with Gasteiger partial charge in [-0.15, -0.1) is 0 Å². The molecule has 3 rings (SSSR count). The lowest BCUT2D eigenvalue weighted by Gasteiger charge is -2.13. The summed E-state index contributed by atoms with van der Waals surface area (Å²) < 4.78 is 0. The Morgan fingerprint density at radius 2 is 1.93 bits per heavy atom. The second-order valence-corrected chi connectivity index (χ2v) is 6.22. The smallest absolute Gasteiger partial charge is 0.266 e. The highest BCUT2D eigenvalue weighted by Gasteiger charge is 2.33. The summed E-state index contributed by atoms with van der Waals surface area (Å²) in [5.74, 6) is -1.60. The molecule has 2 aromatic rings. The van der Waals surface area contributed by atoms with Crippen LogP contribution < -0.4 is 10.3 Å². The molecule has 6 heteroatoms. The van der Waals surface area contributed by atoms with E-state index in [1.165, 1.54) is 11.1 Å². The predicted molar refractivity (Wildman–Crippen MR) is 104 cm³/mol. The number of hydrazone groups is 1. The van der Waals surface area contributed by atoms with Gasteiger partial charge >= 0.3 is 0 Å². The van der Waals surface area contributed by atoms with Crippen LogP contribution in [-0.4, -0.2) is 17.5 Å². The average Bonchev–Trinajstić information content (AvgIpc) is 2.94. The number of carbonyl (C=O) groups excluding carboxylic acids is 2. The number of nitrogens with zero attached hydrogens (tertiary/aromatic N) is 3. The first kappa shape index (κ1) is 18.1. The molecular formula is C21H18N4O2.